The van der Waals surface area contributed by atoms with Gasteiger partial charge in [-0.05, 0) is 29.8 Å². The molecule has 1 aliphatic heterocycles. The summed E-state index contributed by atoms with van der Waals surface area (Å²) in [4.78, 5) is 25.7. The molecule has 1 heterocycles. The van der Waals surface area contributed by atoms with Gasteiger partial charge in [0.15, 0.2) is 0 Å². The van der Waals surface area contributed by atoms with E-state index >= 15 is 0 Å². The Balaban J connectivity index is 2.77. The van der Waals surface area contributed by atoms with E-state index in [4.69, 9.17) is 4.74 Å². The zero-order valence-electron chi connectivity index (χ0n) is 14.4. The van der Waals surface area contributed by atoms with Crippen molar-refractivity contribution in [1.29, 1.82) is 0 Å². The topological polar surface area (TPSA) is 55.8 Å². The van der Waals surface area contributed by atoms with Crippen molar-refractivity contribution >= 4 is 30.3 Å². The predicted octanol–water partition coefficient (Wildman–Crippen LogP) is 3.63. The summed E-state index contributed by atoms with van der Waals surface area (Å²) in [6, 6.07) is 3.08. The van der Waals surface area contributed by atoms with E-state index in [1.165, 1.54) is 35.4 Å². The monoisotopic (exact) mass is 399 g/mol. The molecule has 0 aromatic heterocycles. The fraction of sp³-hybridized carbons (Fsp3) is 0.222. The molecule has 0 bridgehead atoms. The quantitative estimate of drug-likeness (QED) is 0.619. The molecule has 0 unspecified atom stereocenters. The van der Waals surface area contributed by atoms with Crippen LogP contribution in [0.25, 0.3) is 0 Å². The number of anilines is 1. The number of hydrogen-bond acceptors (Lipinski definition) is 6. The van der Waals surface area contributed by atoms with Crippen LogP contribution in [0.1, 0.15) is 11.1 Å². The fourth-order valence-electron chi connectivity index (χ4n) is 2.45. The number of nitrogens with zero attached hydrogens (tertiary/aromatic N) is 1. The smallest absolute Gasteiger partial charge is 0.416 e. The average molecular weight is 399 g/mol. The molecule has 1 aliphatic rings. The molecule has 0 fully saturated rings. The molecule has 0 amide bonds. The molecule has 27 heavy (non-hydrogen) atoms. The highest BCUT2D eigenvalue weighted by molar-refractivity contribution is 7.79. The number of benzene rings is 1. The zero-order valence-corrected chi connectivity index (χ0v) is 15.3. The first kappa shape index (κ1) is 20.6. The van der Waals surface area contributed by atoms with Crippen LogP contribution in [0.5, 0.6) is 0 Å². The normalized spacial score (nSPS) is 14.2. The van der Waals surface area contributed by atoms with Crippen molar-refractivity contribution in [2.45, 2.75) is 11.9 Å². The Morgan fingerprint density at radius 3 is 2.33 bits per heavy atom. The number of halogens is 3. The molecule has 5 nitrogen and oxygen atoms in total. The molecular formula is C18H16F3NO4S. The maximum atomic E-state index is 13.2. The second-order valence-electron chi connectivity index (χ2n) is 5.32. The van der Waals surface area contributed by atoms with Crippen LogP contribution < -0.4 is 4.90 Å². The SMILES string of the molecule is COC(=O)C1=C(C(=O)OC)N(c2cc(C(F)(F)F)ccc2CS)C=CC=C1. The minimum atomic E-state index is -4.59. The number of ether oxygens (including phenoxy) is 2. The van der Waals surface area contributed by atoms with Crippen LogP contribution in [0.15, 0.2) is 53.9 Å². The van der Waals surface area contributed by atoms with Crippen molar-refractivity contribution in [2.24, 2.45) is 0 Å². The van der Waals surface area contributed by atoms with Crippen LogP contribution in [-0.2, 0) is 31.0 Å². The Morgan fingerprint density at radius 1 is 1.11 bits per heavy atom. The second-order valence-corrected chi connectivity index (χ2v) is 5.63. The summed E-state index contributed by atoms with van der Waals surface area (Å²) in [6.07, 6.45) is 1.03. The van der Waals surface area contributed by atoms with E-state index in [0.29, 0.717) is 5.56 Å². The van der Waals surface area contributed by atoms with E-state index in [1.54, 1.807) is 0 Å². The third-order valence-corrected chi connectivity index (χ3v) is 4.07. The van der Waals surface area contributed by atoms with Gasteiger partial charge < -0.3 is 14.4 Å². The summed E-state index contributed by atoms with van der Waals surface area (Å²) >= 11 is 4.15. The predicted molar refractivity (Wildman–Crippen MR) is 96.0 cm³/mol. The highest BCUT2D eigenvalue weighted by Crippen LogP contribution is 2.36. The number of methoxy groups -OCH3 is 2. The molecule has 1 aromatic rings. The first-order valence-corrected chi connectivity index (χ1v) is 8.23. The van der Waals surface area contributed by atoms with Gasteiger partial charge in [-0.2, -0.15) is 25.8 Å². The van der Waals surface area contributed by atoms with E-state index in [2.05, 4.69) is 17.4 Å². The number of hydrogen-bond donors (Lipinski definition) is 1. The second kappa shape index (κ2) is 8.34. The van der Waals surface area contributed by atoms with Crippen LogP contribution in [0.3, 0.4) is 0 Å². The molecule has 144 valence electrons. The van der Waals surface area contributed by atoms with Gasteiger partial charge in [0.1, 0.15) is 5.70 Å². The van der Waals surface area contributed by atoms with Gasteiger partial charge in [-0.1, -0.05) is 12.1 Å². The van der Waals surface area contributed by atoms with Crippen LogP contribution in [0.4, 0.5) is 18.9 Å². The molecule has 0 N–H and O–H groups in total. The van der Waals surface area contributed by atoms with Crippen LogP contribution in [0.2, 0.25) is 0 Å². The van der Waals surface area contributed by atoms with E-state index in [1.807, 2.05) is 0 Å². The zero-order chi connectivity index (χ0) is 20.2. The van der Waals surface area contributed by atoms with Gasteiger partial charge in [0.25, 0.3) is 0 Å². The Kier molecular flexibility index (Phi) is 6.37. The summed E-state index contributed by atoms with van der Waals surface area (Å²) < 4.78 is 49.0. The molecule has 9 heteroatoms. The largest absolute Gasteiger partial charge is 0.465 e. The number of allylic oxidation sites excluding steroid dienone is 2. The van der Waals surface area contributed by atoms with Gasteiger partial charge in [0.2, 0.25) is 0 Å². The first-order valence-electron chi connectivity index (χ1n) is 7.60. The number of alkyl halides is 3. The highest BCUT2D eigenvalue weighted by Gasteiger charge is 2.33. The highest BCUT2D eigenvalue weighted by atomic mass is 32.1. The van der Waals surface area contributed by atoms with E-state index in [9.17, 15) is 22.8 Å². The lowest BCUT2D eigenvalue weighted by atomic mass is 10.1. The molecule has 0 saturated carbocycles. The summed E-state index contributed by atoms with van der Waals surface area (Å²) in [5.41, 5.74) is -0.865. The van der Waals surface area contributed by atoms with Gasteiger partial charge in [0, 0.05) is 12.0 Å². The molecule has 0 radical (unpaired) electrons. The van der Waals surface area contributed by atoms with E-state index < -0.39 is 23.7 Å². The van der Waals surface area contributed by atoms with Gasteiger partial charge in [-0.3, -0.25) is 0 Å². The van der Waals surface area contributed by atoms with Gasteiger partial charge in [-0.15, -0.1) is 0 Å². The van der Waals surface area contributed by atoms with Gasteiger partial charge in [0.05, 0.1) is 31.0 Å². The van der Waals surface area contributed by atoms with E-state index in [-0.39, 0.29) is 22.7 Å². The molecule has 1 aromatic carbocycles. The third kappa shape index (κ3) is 4.36. The Bertz CT molecular complexity index is 843. The Labute approximate surface area is 159 Å². The standard InChI is InChI=1S/C18H16F3NO4S/c1-25-16(23)13-5-3-4-8-22(15(13)17(24)26-2)14-9-12(18(19,20)21)7-6-11(14)10-27/h3-9,27H,10H2,1-2H3. The lowest BCUT2D eigenvalue weighted by Crippen LogP contribution is -2.28. The molecule has 2 rings (SSSR count). The number of carbonyl (C=O) groups is 2. The van der Waals surface area contributed by atoms with Crippen molar-refractivity contribution in [3.8, 4) is 0 Å². The number of rotatable bonds is 4. The van der Waals surface area contributed by atoms with Crippen molar-refractivity contribution in [1.82, 2.24) is 0 Å². The number of thiol groups is 1. The summed E-state index contributed by atoms with van der Waals surface area (Å²) in [7, 11) is 2.23. The summed E-state index contributed by atoms with van der Waals surface area (Å²) in [5.74, 6) is -1.64. The Morgan fingerprint density at radius 2 is 1.78 bits per heavy atom. The minimum absolute atomic E-state index is 0.0431. The van der Waals surface area contributed by atoms with Gasteiger partial charge in [-0.25, -0.2) is 9.59 Å². The van der Waals surface area contributed by atoms with Crippen LogP contribution >= 0.6 is 12.6 Å². The number of carbonyl (C=O) groups excluding carboxylic acids is 2. The molecule has 0 aliphatic carbocycles. The van der Waals surface area contributed by atoms with Crippen LogP contribution in [0, 0.1) is 0 Å². The summed E-state index contributed by atoms with van der Waals surface area (Å²) in [6.45, 7) is 0. The van der Waals surface area contributed by atoms with E-state index in [0.717, 1.165) is 26.4 Å². The van der Waals surface area contributed by atoms with Crippen molar-refractivity contribution in [3.63, 3.8) is 0 Å². The minimum Gasteiger partial charge on any atom is -0.465 e. The molecule has 0 spiro atoms. The summed E-state index contributed by atoms with van der Waals surface area (Å²) in [5, 5.41) is 0. The molecule has 0 atom stereocenters. The van der Waals surface area contributed by atoms with Crippen molar-refractivity contribution < 1.29 is 32.2 Å². The first-order chi connectivity index (χ1) is 12.7. The third-order valence-electron chi connectivity index (χ3n) is 3.73. The lowest BCUT2D eigenvalue weighted by molar-refractivity contribution is -0.139. The maximum absolute atomic E-state index is 13.2. The molecular weight excluding hydrogens is 383 g/mol. The number of esters is 2. The van der Waals surface area contributed by atoms with Gasteiger partial charge >= 0.3 is 18.1 Å². The fourth-order valence-corrected chi connectivity index (χ4v) is 2.72. The molecule has 0 saturated heterocycles. The van der Waals surface area contributed by atoms with Crippen molar-refractivity contribution in [2.75, 3.05) is 19.1 Å². The lowest BCUT2D eigenvalue weighted by Gasteiger charge is -2.26. The van der Waals surface area contributed by atoms with Crippen LogP contribution in [-0.4, -0.2) is 26.2 Å². The van der Waals surface area contributed by atoms with Crippen molar-refractivity contribution in [3.05, 3.63) is 65.0 Å². The Hall–Kier alpha value is -2.68. The average Bonchev–Trinajstić information content (AvgIpc) is 2.88. The maximum Gasteiger partial charge on any atom is 0.416 e.